The number of hydrogen-bond acceptors (Lipinski definition) is 2. The Morgan fingerprint density at radius 1 is 0.667 bits per heavy atom. The molecule has 0 atom stereocenters. The minimum absolute atomic E-state index is 0. The maximum atomic E-state index is 10.1. The molecule has 86 valence electrons. The van der Waals surface area contributed by atoms with E-state index in [1.165, 1.54) is 13.8 Å². The van der Waals surface area contributed by atoms with E-state index < -0.39 is 0 Å². The summed E-state index contributed by atoms with van der Waals surface area (Å²) in [6.45, 7) is 10.4. The predicted molar refractivity (Wildman–Crippen MR) is 57.6 cm³/mol. The number of Topliss-reactive ketones (excluding diaryl/α,β-unsaturated/α-hetero) is 2. The Morgan fingerprint density at radius 3 is 0.867 bits per heavy atom. The molecule has 3 heteroatoms. The van der Waals surface area contributed by atoms with E-state index >= 15 is 0 Å². The van der Waals surface area contributed by atoms with Gasteiger partial charge in [0.15, 0.2) is 0 Å². The van der Waals surface area contributed by atoms with Gasteiger partial charge in [-0.05, 0) is 25.4 Å². The molecule has 0 saturated heterocycles. The predicted octanol–water partition coefficient (Wildman–Crippen LogP) is 2.69. The van der Waals surface area contributed by atoms with Gasteiger partial charge in [-0.15, -0.1) is 0 Å². The van der Waals surface area contributed by atoms with Crippen molar-refractivity contribution < 1.29 is 29.1 Å². The second-order valence-electron chi connectivity index (χ2n) is 3.36. The second kappa shape index (κ2) is 11.5. The first kappa shape index (κ1) is 19.9. The van der Waals surface area contributed by atoms with E-state index in [4.69, 9.17) is 0 Å². The summed E-state index contributed by atoms with van der Waals surface area (Å²) in [6.07, 6.45) is 5.17. The van der Waals surface area contributed by atoms with Gasteiger partial charge in [0.25, 0.3) is 0 Å². The second-order valence-corrected chi connectivity index (χ2v) is 3.36. The number of rotatable bonds is 2. The van der Waals surface area contributed by atoms with Crippen LogP contribution in [0, 0.1) is 12.2 Å². The van der Waals surface area contributed by atoms with Gasteiger partial charge in [-0.1, -0.05) is 27.7 Å². The van der Waals surface area contributed by atoms with Gasteiger partial charge >= 0.3 is 19.5 Å². The Morgan fingerprint density at radius 2 is 0.867 bits per heavy atom. The van der Waals surface area contributed by atoms with E-state index in [-0.39, 0.29) is 31.0 Å². The molecule has 0 aromatic rings. The van der Waals surface area contributed by atoms with Crippen molar-refractivity contribution in [3.05, 3.63) is 23.3 Å². The summed E-state index contributed by atoms with van der Waals surface area (Å²) in [5.74, 6) is 0.000000000000000888. The zero-order valence-corrected chi connectivity index (χ0v) is 11.9. The molecule has 0 radical (unpaired) electrons. The van der Waals surface area contributed by atoms with Crippen LogP contribution in [0.5, 0.6) is 0 Å². The Labute approximate surface area is 106 Å². The van der Waals surface area contributed by atoms with E-state index in [0.717, 1.165) is 11.1 Å². The third-order valence-electron chi connectivity index (χ3n) is 0.852. The summed E-state index contributed by atoms with van der Waals surface area (Å²) in [6, 6.07) is 0. The van der Waals surface area contributed by atoms with Crippen molar-refractivity contribution in [1.82, 2.24) is 0 Å². The summed E-state index contributed by atoms with van der Waals surface area (Å²) in [7, 11) is 0. The van der Waals surface area contributed by atoms with Crippen molar-refractivity contribution in [2.45, 2.75) is 41.5 Å². The first-order chi connectivity index (χ1) is 6.25. The topological polar surface area (TPSA) is 34.1 Å². The number of allylic oxidation sites excluding steroid dienone is 4. The first-order valence-electron chi connectivity index (χ1n) is 4.41. The Kier molecular flexibility index (Phi) is 15.3. The van der Waals surface area contributed by atoms with Crippen molar-refractivity contribution in [2.24, 2.45) is 0 Å². The molecule has 0 N–H and O–H groups in total. The smallest absolute Gasteiger partial charge is 0.429 e. The molecule has 0 aromatic carbocycles. The van der Waals surface area contributed by atoms with Crippen LogP contribution < -0.4 is 0 Å². The normalized spacial score (nSPS) is 7.33. The quantitative estimate of drug-likeness (QED) is 0.446. The molecule has 15 heavy (non-hydrogen) atoms. The van der Waals surface area contributed by atoms with E-state index in [0.29, 0.717) is 0 Å². The van der Waals surface area contributed by atoms with Crippen LogP contribution in [-0.4, -0.2) is 11.6 Å². The molecule has 0 amide bonds. The molecule has 0 aliphatic carbocycles. The fourth-order valence-electron chi connectivity index (χ4n) is 0.704. The Balaban J connectivity index is -0.000000180. The number of ketones is 2. The summed E-state index contributed by atoms with van der Waals surface area (Å²) in [5.41, 5.74) is 1.88. The first-order valence-corrected chi connectivity index (χ1v) is 4.41. The summed E-state index contributed by atoms with van der Waals surface area (Å²) in [4.78, 5) is 20.2. The molecule has 2 nitrogen and oxygen atoms in total. The van der Waals surface area contributed by atoms with Crippen molar-refractivity contribution in [3.8, 4) is 0 Å². The van der Waals surface area contributed by atoms with Crippen LogP contribution in [0.4, 0.5) is 0 Å². The molecule has 0 bridgehead atoms. The van der Waals surface area contributed by atoms with E-state index in [9.17, 15) is 9.59 Å². The zero-order valence-electron chi connectivity index (χ0n) is 10.2. The number of carbonyl (C=O) groups excluding carboxylic acids is 2. The fraction of sp³-hybridized carbons (Fsp3) is 0.500. The van der Waals surface area contributed by atoms with Crippen LogP contribution >= 0.6 is 0 Å². The van der Waals surface area contributed by atoms with Crippen LogP contribution in [0.25, 0.3) is 0 Å². The van der Waals surface area contributed by atoms with Gasteiger partial charge in [0.05, 0.1) is 0 Å². The van der Waals surface area contributed by atoms with Gasteiger partial charge in [0.1, 0.15) is 0 Å². The summed E-state index contributed by atoms with van der Waals surface area (Å²) < 4.78 is 0. The molecule has 0 aromatic heterocycles. The van der Waals surface area contributed by atoms with Crippen molar-refractivity contribution in [1.29, 1.82) is 0 Å². The van der Waals surface area contributed by atoms with Gasteiger partial charge in [-0.25, -0.2) is 0 Å². The summed E-state index contributed by atoms with van der Waals surface area (Å²) >= 11 is 0. The molecule has 0 unspecified atom stereocenters. The molecule has 0 saturated carbocycles. The van der Waals surface area contributed by atoms with Gasteiger partial charge < -0.3 is 21.7 Å². The third kappa shape index (κ3) is 31.8. The third-order valence-corrected chi connectivity index (χ3v) is 0.852. The molecule has 0 aliphatic rings. The molecule has 0 aliphatic heterocycles. The van der Waals surface area contributed by atoms with E-state index in [2.05, 4.69) is 12.2 Å². The standard InChI is InChI=1S/2C6H9O.Ru/c2*1-5(2)4-6(3)7;/h2*1-3H3;/q2*-1;+2. The van der Waals surface area contributed by atoms with Crippen LogP contribution in [0.15, 0.2) is 11.1 Å². The van der Waals surface area contributed by atoms with E-state index in [1.54, 1.807) is 0 Å². The van der Waals surface area contributed by atoms with Crippen molar-refractivity contribution in [2.75, 3.05) is 0 Å². The van der Waals surface area contributed by atoms with Crippen molar-refractivity contribution in [3.63, 3.8) is 0 Å². The minimum Gasteiger partial charge on any atom is -0.429 e. The SMILES string of the molecule is CC(=O)[C-]=C(C)C.CC(=O)[C-]=C(C)C.[Ru+2]. The van der Waals surface area contributed by atoms with Gasteiger partial charge in [-0.2, -0.15) is 0 Å². The molecule has 0 spiro atoms. The van der Waals surface area contributed by atoms with Crippen LogP contribution in [0.3, 0.4) is 0 Å². The minimum atomic E-state index is 0. The largest absolute Gasteiger partial charge is 2.00 e. The summed E-state index contributed by atoms with van der Waals surface area (Å²) in [5, 5.41) is 0. The zero-order chi connectivity index (χ0) is 11.7. The average Bonchev–Trinajstić information content (AvgIpc) is 1.79. The van der Waals surface area contributed by atoms with Crippen LogP contribution in [0.1, 0.15) is 41.5 Å². The molecular formula is C12H18O2Ru. The molecule has 0 heterocycles. The van der Waals surface area contributed by atoms with Gasteiger partial charge in [-0.3, -0.25) is 11.1 Å². The molecular weight excluding hydrogens is 277 g/mol. The molecule has 0 rings (SSSR count). The molecule has 0 fully saturated rings. The Bertz CT molecular complexity index is 227. The van der Waals surface area contributed by atoms with Gasteiger partial charge in [0.2, 0.25) is 0 Å². The van der Waals surface area contributed by atoms with Crippen LogP contribution in [-0.2, 0) is 29.1 Å². The monoisotopic (exact) mass is 296 g/mol. The van der Waals surface area contributed by atoms with Gasteiger partial charge in [0, 0.05) is 0 Å². The van der Waals surface area contributed by atoms with Crippen molar-refractivity contribution >= 4 is 11.6 Å². The van der Waals surface area contributed by atoms with E-state index in [1.807, 2.05) is 27.7 Å². The number of hydrogen-bond donors (Lipinski definition) is 0. The maximum Gasteiger partial charge on any atom is 2.00 e. The average molecular weight is 295 g/mol. The maximum absolute atomic E-state index is 10.1. The fourth-order valence-corrected chi connectivity index (χ4v) is 0.704. The van der Waals surface area contributed by atoms with Crippen LogP contribution in [0.2, 0.25) is 0 Å². The Hall–Kier alpha value is -0.557. The number of carbonyl (C=O) groups is 2.